The van der Waals surface area contributed by atoms with Crippen LogP contribution in [0.15, 0.2) is 53.3 Å². The normalized spacial score (nSPS) is 17.2. The van der Waals surface area contributed by atoms with Crippen molar-refractivity contribution in [3.63, 3.8) is 0 Å². The quantitative estimate of drug-likeness (QED) is 0.805. The van der Waals surface area contributed by atoms with Crippen LogP contribution in [0.2, 0.25) is 0 Å². The Morgan fingerprint density at radius 1 is 1.24 bits per heavy atom. The van der Waals surface area contributed by atoms with Gasteiger partial charge >= 0.3 is 0 Å². The highest BCUT2D eigenvalue weighted by Gasteiger charge is 2.26. The van der Waals surface area contributed by atoms with Gasteiger partial charge in [0, 0.05) is 37.8 Å². The molecule has 1 fully saturated rings. The highest BCUT2D eigenvalue weighted by atomic mass is 16.5. The van der Waals surface area contributed by atoms with E-state index in [4.69, 9.17) is 4.74 Å². The van der Waals surface area contributed by atoms with Crippen molar-refractivity contribution in [1.29, 1.82) is 0 Å². The Hall–Kier alpha value is -2.82. The molecule has 0 aliphatic carbocycles. The van der Waals surface area contributed by atoms with Gasteiger partial charge in [0.2, 0.25) is 5.91 Å². The maximum Gasteiger partial charge on any atom is 0.254 e. The van der Waals surface area contributed by atoms with E-state index >= 15 is 0 Å². The number of ether oxygens (including phenoxy) is 1. The molecule has 1 saturated heterocycles. The first-order valence-corrected chi connectivity index (χ1v) is 8.39. The molecule has 0 spiro atoms. The third-order valence-corrected chi connectivity index (χ3v) is 4.45. The van der Waals surface area contributed by atoms with E-state index in [0.29, 0.717) is 18.8 Å². The lowest BCUT2D eigenvalue weighted by Crippen LogP contribution is -2.29. The maximum atomic E-state index is 12.3. The molecule has 130 valence electrons. The number of hydrogen-bond acceptors (Lipinski definition) is 3. The number of nitrogens with zero attached hydrogens (tertiary/aromatic N) is 2. The molecular formula is C20H22N2O3. The van der Waals surface area contributed by atoms with Gasteiger partial charge in [-0.1, -0.05) is 30.3 Å². The van der Waals surface area contributed by atoms with Gasteiger partial charge in [-0.15, -0.1) is 0 Å². The van der Waals surface area contributed by atoms with Gasteiger partial charge in [0.1, 0.15) is 11.9 Å². The number of aryl methyl sites for hydroxylation is 1. The molecule has 1 aliphatic heterocycles. The Morgan fingerprint density at radius 2 is 2.00 bits per heavy atom. The van der Waals surface area contributed by atoms with Crippen molar-refractivity contribution in [2.75, 3.05) is 13.1 Å². The van der Waals surface area contributed by atoms with Crippen LogP contribution in [0.4, 0.5) is 0 Å². The fraction of sp³-hybridized carbons (Fsp3) is 0.300. The minimum Gasteiger partial charge on any atom is -0.488 e. The van der Waals surface area contributed by atoms with E-state index in [9.17, 15) is 9.59 Å². The molecule has 1 amide bonds. The van der Waals surface area contributed by atoms with Crippen LogP contribution >= 0.6 is 0 Å². The lowest BCUT2D eigenvalue weighted by Gasteiger charge is -2.16. The van der Waals surface area contributed by atoms with Crippen molar-refractivity contribution in [1.82, 2.24) is 9.47 Å². The zero-order valence-corrected chi connectivity index (χ0v) is 14.5. The zero-order valence-electron chi connectivity index (χ0n) is 14.5. The number of carbonyl (C=O) groups excluding carboxylic acids is 1. The number of hydrogen-bond donors (Lipinski definition) is 0. The van der Waals surface area contributed by atoms with Crippen LogP contribution in [0.25, 0.3) is 6.08 Å². The van der Waals surface area contributed by atoms with E-state index < -0.39 is 0 Å². The van der Waals surface area contributed by atoms with E-state index in [2.05, 4.69) is 0 Å². The van der Waals surface area contributed by atoms with Crippen molar-refractivity contribution in [2.24, 2.45) is 7.05 Å². The highest BCUT2D eigenvalue weighted by molar-refractivity contribution is 5.92. The number of likely N-dealkylation sites (tertiary alicyclic amines) is 1. The molecule has 2 heterocycles. The number of amides is 1. The van der Waals surface area contributed by atoms with Crippen LogP contribution in [0.5, 0.6) is 5.75 Å². The molecule has 1 aliphatic rings. The molecule has 0 saturated carbocycles. The topological polar surface area (TPSA) is 51.5 Å². The molecule has 25 heavy (non-hydrogen) atoms. The van der Waals surface area contributed by atoms with Crippen molar-refractivity contribution in [3.8, 4) is 5.75 Å². The summed E-state index contributed by atoms with van der Waals surface area (Å²) in [6.07, 6.45) is 4.10. The molecule has 1 atom stereocenters. The van der Waals surface area contributed by atoms with Gasteiger partial charge in [-0.25, -0.2) is 0 Å². The van der Waals surface area contributed by atoms with Gasteiger partial charge < -0.3 is 14.2 Å². The van der Waals surface area contributed by atoms with Gasteiger partial charge in [0.05, 0.1) is 6.54 Å². The predicted octanol–water partition coefficient (Wildman–Crippen LogP) is 2.39. The van der Waals surface area contributed by atoms with Crippen molar-refractivity contribution in [2.45, 2.75) is 19.4 Å². The second-order valence-corrected chi connectivity index (χ2v) is 6.29. The summed E-state index contributed by atoms with van der Waals surface area (Å²) in [5, 5.41) is 0. The molecule has 0 unspecified atom stereocenters. The van der Waals surface area contributed by atoms with Crippen LogP contribution in [-0.4, -0.2) is 34.6 Å². The predicted molar refractivity (Wildman–Crippen MR) is 97.5 cm³/mol. The molecule has 1 aromatic heterocycles. The van der Waals surface area contributed by atoms with Crippen LogP contribution in [0.3, 0.4) is 0 Å². The molecule has 2 aromatic rings. The summed E-state index contributed by atoms with van der Waals surface area (Å²) in [6, 6.07) is 13.1. The van der Waals surface area contributed by atoms with Crippen molar-refractivity contribution in [3.05, 3.63) is 70.2 Å². The van der Waals surface area contributed by atoms with E-state index in [1.54, 1.807) is 22.6 Å². The molecule has 0 N–H and O–H groups in total. The molecule has 5 heteroatoms. The summed E-state index contributed by atoms with van der Waals surface area (Å²) >= 11 is 0. The lowest BCUT2D eigenvalue weighted by atomic mass is 10.2. The van der Waals surface area contributed by atoms with Gasteiger partial charge in [-0.05, 0) is 24.6 Å². The van der Waals surface area contributed by atoms with Gasteiger partial charge in [-0.2, -0.15) is 0 Å². The Bertz CT molecular complexity index is 840. The first kappa shape index (κ1) is 17.0. The fourth-order valence-electron chi connectivity index (χ4n) is 2.86. The van der Waals surface area contributed by atoms with Crippen molar-refractivity contribution < 1.29 is 9.53 Å². The number of pyridine rings is 1. The Kier molecular flexibility index (Phi) is 5.03. The van der Waals surface area contributed by atoms with E-state index in [1.165, 1.54) is 6.07 Å². The molecule has 3 rings (SSSR count). The van der Waals surface area contributed by atoms with Crippen LogP contribution in [-0.2, 0) is 11.8 Å². The summed E-state index contributed by atoms with van der Waals surface area (Å²) in [5.74, 6) is 0.551. The van der Waals surface area contributed by atoms with Crippen LogP contribution in [0.1, 0.15) is 17.7 Å². The number of benzene rings is 1. The number of rotatable bonds is 4. The molecule has 0 radical (unpaired) electrons. The standard InChI is InChI=1S/C20H22N2O3/c1-15-12-18(13-20(24)21(15)2)25-17-10-11-22(14-17)19(23)9-8-16-6-4-3-5-7-16/h3-9,12-13,17H,10-11,14H2,1-2H3/b9-8+/t17-/m1/s1. The first-order chi connectivity index (χ1) is 12.0. The SMILES string of the molecule is Cc1cc(O[C@@H]2CCN(C(=O)/C=C/c3ccccc3)C2)cc(=O)n1C. The van der Waals surface area contributed by atoms with E-state index in [1.807, 2.05) is 49.4 Å². The Morgan fingerprint density at radius 3 is 2.72 bits per heavy atom. The average molecular weight is 338 g/mol. The first-order valence-electron chi connectivity index (χ1n) is 8.39. The molecule has 1 aromatic carbocycles. The minimum absolute atomic E-state index is 0.0184. The second-order valence-electron chi connectivity index (χ2n) is 6.29. The summed E-state index contributed by atoms with van der Waals surface area (Å²) in [7, 11) is 1.73. The zero-order chi connectivity index (χ0) is 17.8. The third-order valence-electron chi connectivity index (χ3n) is 4.45. The second kappa shape index (κ2) is 7.38. The summed E-state index contributed by atoms with van der Waals surface area (Å²) in [4.78, 5) is 25.9. The van der Waals surface area contributed by atoms with Crippen LogP contribution < -0.4 is 10.3 Å². The van der Waals surface area contributed by atoms with E-state index in [0.717, 1.165) is 17.7 Å². The van der Waals surface area contributed by atoms with Crippen molar-refractivity contribution >= 4 is 12.0 Å². The molecule has 5 nitrogen and oxygen atoms in total. The summed E-state index contributed by atoms with van der Waals surface area (Å²) in [5.41, 5.74) is 1.75. The fourth-order valence-corrected chi connectivity index (χ4v) is 2.86. The Labute approximate surface area is 147 Å². The van der Waals surface area contributed by atoms with Crippen LogP contribution in [0, 0.1) is 6.92 Å². The number of carbonyl (C=O) groups is 1. The maximum absolute atomic E-state index is 12.3. The molecule has 0 bridgehead atoms. The number of aromatic nitrogens is 1. The summed E-state index contributed by atoms with van der Waals surface area (Å²) in [6.45, 7) is 3.06. The van der Waals surface area contributed by atoms with Gasteiger partial charge in [0.25, 0.3) is 5.56 Å². The molecular weight excluding hydrogens is 316 g/mol. The average Bonchev–Trinajstić information content (AvgIpc) is 3.07. The minimum atomic E-state index is -0.0910. The van der Waals surface area contributed by atoms with E-state index in [-0.39, 0.29) is 17.6 Å². The van der Waals surface area contributed by atoms with Gasteiger partial charge in [-0.3, -0.25) is 9.59 Å². The monoisotopic (exact) mass is 338 g/mol. The third kappa shape index (κ3) is 4.18. The van der Waals surface area contributed by atoms with Gasteiger partial charge in [0.15, 0.2) is 0 Å². The summed E-state index contributed by atoms with van der Waals surface area (Å²) < 4.78 is 7.48. The smallest absolute Gasteiger partial charge is 0.254 e. The highest BCUT2D eigenvalue weighted by Crippen LogP contribution is 2.18. The Balaban J connectivity index is 1.59. The largest absolute Gasteiger partial charge is 0.488 e. The lowest BCUT2D eigenvalue weighted by molar-refractivity contribution is -0.125.